The molecule has 2 heterocycles. The zero-order valence-corrected chi connectivity index (χ0v) is 18.4. The van der Waals surface area contributed by atoms with Crippen LogP contribution in [0.5, 0.6) is 5.75 Å². The van der Waals surface area contributed by atoms with Gasteiger partial charge in [0.1, 0.15) is 11.4 Å². The first-order valence-corrected chi connectivity index (χ1v) is 11.4. The molecule has 2 aromatic rings. The molecule has 0 unspecified atom stereocenters. The van der Waals surface area contributed by atoms with E-state index in [9.17, 15) is 4.79 Å². The molecule has 29 heavy (non-hydrogen) atoms. The second-order valence-corrected chi connectivity index (χ2v) is 9.49. The molecule has 1 aliphatic heterocycles. The lowest BCUT2D eigenvalue weighted by Crippen LogP contribution is -2.27. The number of benzene rings is 1. The fourth-order valence-electron chi connectivity index (χ4n) is 3.59. The standard InChI is InChI=1S/C23H31N3O2S/c1-16-10-12-26(13-11-16)29-22-14-20(25(3)17(22)2)23(27)24-15-18-6-4-5-7-21(18)28-19-8-9-19/h4-7,14,16,19H,8-13,15H2,1-3H3,(H,24,27). The molecule has 1 amide bonds. The molecule has 1 aliphatic carbocycles. The van der Waals surface area contributed by atoms with Gasteiger partial charge in [-0.05, 0) is 62.6 Å². The van der Waals surface area contributed by atoms with Crippen molar-refractivity contribution < 1.29 is 9.53 Å². The number of carbonyl (C=O) groups excluding carboxylic acids is 1. The first-order valence-electron chi connectivity index (χ1n) is 10.6. The van der Waals surface area contributed by atoms with Crippen LogP contribution in [0.1, 0.15) is 54.4 Å². The summed E-state index contributed by atoms with van der Waals surface area (Å²) < 4.78 is 10.4. The van der Waals surface area contributed by atoms with Gasteiger partial charge in [-0.3, -0.25) is 4.79 Å². The molecular weight excluding hydrogens is 382 g/mol. The second-order valence-electron chi connectivity index (χ2n) is 8.35. The van der Waals surface area contributed by atoms with Crippen LogP contribution in [0.2, 0.25) is 0 Å². The van der Waals surface area contributed by atoms with Crippen molar-refractivity contribution in [2.75, 3.05) is 13.1 Å². The molecule has 1 saturated carbocycles. The lowest BCUT2D eigenvalue weighted by Gasteiger charge is -2.28. The maximum atomic E-state index is 12.9. The zero-order chi connectivity index (χ0) is 20.4. The van der Waals surface area contributed by atoms with Gasteiger partial charge in [0.15, 0.2) is 0 Å². The van der Waals surface area contributed by atoms with E-state index in [1.165, 1.54) is 17.7 Å². The van der Waals surface area contributed by atoms with Gasteiger partial charge in [-0.1, -0.05) is 25.1 Å². The number of ether oxygens (including phenoxy) is 1. The highest BCUT2D eigenvalue weighted by atomic mass is 32.2. The molecule has 0 radical (unpaired) electrons. The van der Waals surface area contributed by atoms with Gasteiger partial charge >= 0.3 is 0 Å². The summed E-state index contributed by atoms with van der Waals surface area (Å²) in [7, 11) is 1.97. The van der Waals surface area contributed by atoms with Gasteiger partial charge in [-0.2, -0.15) is 0 Å². The topological polar surface area (TPSA) is 46.5 Å². The van der Waals surface area contributed by atoms with Gasteiger partial charge in [-0.15, -0.1) is 0 Å². The Labute approximate surface area is 177 Å². The number of piperidine rings is 1. The Hall–Kier alpha value is -1.92. The molecule has 2 fully saturated rings. The summed E-state index contributed by atoms with van der Waals surface area (Å²) in [6.45, 7) is 7.11. The summed E-state index contributed by atoms with van der Waals surface area (Å²) in [4.78, 5) is 14.1. The number of nitrogens with one attached hydrogen (secondary N) is 1. The normalized spacial score (nSPS) is 18.0. The molecule has 6 heteroatoms. The Balaban J connectivity index is 1.40. The van der Waals surface area contributed by atoms with Crippen LogP contribution in [0.25, 0.3) is 0 Å². The van der Waals surface area contributed by atoms with E-state index >= 15 is 0 Å². The minimum Gasteiger partial charge on any atom is -0.490 e. The first kappa shape index (κ1) is 20.4. The highest BCUT2D eigenvalue weighted by Gasteiger charge is 2.25. The number of para-hydroxylation sites is 1. The summed E-state index contributed by atoms with van der Waals surface area (Å²) in [5, 5.41) is 3.08. The average molecular weight is 414 g/mol. The van der Waals surface area contributed by atoms with Gasteiger partial charge in [0.25, 0.3) is 5.91 Å². The van der Waals surface area contributed by atoms with Crippen LogP contribution in [-0.2, 0) is 13.6 Å². The smallest absolute Gasteiger partial charge is 0.268 e. The van der Waals surface area contributed by atoms with Crippen LogP contribution in [0.3, 0.4) is 0 Å². The zero-order valence-electron chi connectivity index (χ0n) is 17.6. The summed E-state index contributed by atoms with van der Waals surface area (Å²) in [5.41, 5.74) is 2.86. The maximum Gasteiger partial charge on any atom is 0.268 e. The predicted octanol–water partition coefficient (Wildman–Crippen LogP) is 4.54. The third-order valence-corrected chi connectivity index (χ3v) is 7.15. The van der Waals surface area contributed by atoms with Crippen LogP contribution < -0.4 is 10.1 Å². The third-order valence-electron chi connectivity index (χ3n) is 5.92. The van der Waals surface area contributed by atoms with Crippen molar-refractivity contribution in [3.8, 4) is 5.75 Å². The van der Waals surface area contributed by atoms with E-state index in [1.807, 2.05) is 41.9 Å². The number of rotatable bonds is 7. The summed E-state index contributed by atoms with van der Waals surface area (Å²) in [6, 6.07) is 10.0. The quantitative estimate of drug-likeness (QED) is 0.677. The number of amides is 1. The molecule has 2 aliphatic rings. The van der Waals surface area contributed by atoms with Crippen LogP contribution in [0.4, 0.5) is 0 Å². The van der Waals surface area contributed by atoms with E-state index < -0.39 is 0 Å². The lowest BCUT2D eigenvalue weighted by atomic mass is 10.0. The van der Waals surface area contributed by atoms with Crippen LogP contribution in [0.15, 0.2) is 35.2 Å². The minimum atomic E-state index is -0.0454. The second kappa shape index (κ2) is 8.84. The summed E-state index contributed by atoms with van der Waals surface area (Å²) >= 11 is 1.79. The molecule has 1 N–H and O–H groups in total. The molecule has 0 bridgehead atoms. The Morgan fingerprint density at radius 3 is 2.66 bits per heavy atom. The van der Waals surface area contributed by atoms with Crippen molar-refractivity contribution in [1.82, 2.24) is 14.2 Å². The van der Waals surface area contributed by atoms with Crippen molar-refractivity contribution in [2.45, 2.75) is 57.1 Å². The number of hydrogen-bond acceptors (Lipinski definition) is 4. The average Bonchev–Trinajstić information content (AvgIpc) is 3.50. The number of aromatic nitrogens is 1. The Morgan fingerprint density at radius 2 is 1.93 bits per heavy atom. The fourth-order valence-corrected chi connectivity index (χ4v) is 4.70. The van der Waals surface area contributed by atoms with Crippen LogP contribution in [-0.4, -0.2) is 34.0 Å². The summed E-state index contributed by atoms with van der Waals surface area (Å²) in [5.74, 6) is 1.65. The number of nitrogens with zero attached hydrogens (tertiary/aromatic N) is 2. The van der Waals surface area contributed by atoms with Crippen molar-refractivity contribution in [1.29, 1.82) is 0 Å². The molecule has 1 aromatic carbocycles. The van der Waals surface area contributed by atoms with Crippen LogP contribution in [0, 0.1) is 12.8 Å². The molecule has 1 aromatic heterocycles. The molecule has 5 nitrogen and oxygen atoms in total. The van der Waals surface area contributed by atoms with E-state index in [-0.39, 0.29) is 5.91 Å². The van der Waals surface area contributed by atoms with Crippen molar-refractivity contribution >= 4 is 17.9 Å². The molecule has 0 atom stereocenters. The van der Waals surface area contributed by atoms with Gasteiger partial charge in [0.05, 0.1) is 6.10 Å². The number of hydrogen-bond donors (Lipinski definition) is 1. The fraction of sp³-hybridized carbons (Fsp3) is 0.522. The van der Waals surface area contributed by atoms with Gasteiger partial charge in [0, 0.05) is 42.8 Å². The van der Waals surface area contributed by atoms with Crippen molar-refractivity contribution in [3.05, 3.63) is 47.3 Å². The molecule has 0 spiro atoms. The van der Waals surface area contributed by atoms with E-state index in [0.29, 0.717) is 18.3 Å². The van der Waals surface area contributed by atoms with E-state index in [4.69, 9.17) is 4.74 Å². The highest BCUT2D eigenvalue weighted by molar-refractivity contribution is 7.97. The third kappa shape index (κ3) is 4.98. The Bertz CT molecular complexity index is 867. The Morgan fingerprint density at radius 1 is 1.21 bits per heavy atom. The molecular formula is C23H31N3O2S. The van der Waals surface area contributed by atoms with Gasteiger partial charge in [-0.25, -0.2) is 4.31 Å². The molecule has 4 rings (SSSR count). The maximum absolute atomic E-state index is 12.9. The number of carbonyl (C=O) groups is 1. The highest BCUT2D eigenvalue weighted by Crippen LogP contribution is 2.32. The monoisotopic (exact) mass is 413 g/mol. The van der Waals surface area contributed by atoms with Crippen molar-refractivity contribution in [2.24, 2.45) is 13.0 Å². The minimum absolute atomic E-state index is 0.0454. The van der Waals surface area contributed by atoms with Gasteiger partial charge < -0.3 is 14.6 Å². The van der Waals surface area contributed by atoms with E-state index in [1.54, 1.807) is 11.9 Å². The van der Waals surface area contributed by atoms with Gasteiger partial charge in [0.2, 0.25) is 0 Å². The first-order chi connectivity index (χ1) is 14.0. The van der Waals surface area contributed by atoms with Crippen LogP contribution >= 0.6 is 11.9 Å². The van der Waals surface area contributed by atoms with E-state index in [0.717, 1.165) is 48.9 Å². The molecule has 156 valence electrons. The summed E-state index contributed by atoms with van der Waals surface area (Å²) in [6.07, 6.45) is 5.09. The largest absolute Gasteiger partial charge is 0.490 e. The lowest BCUT2D eigenvalue weighted by molar-refractivity contribution is 0.0942. The Kier molecular flexibility index (Phi) is 6.20. The van der Waals surface area contributed by atoms with E-state index in [2.05, 4.69) is 23.5 Å². The molecule has 1 saturated heterocycles. The van der Waals surface area contributed by atoms with Crippen molar-refractivity contribution in [3.63, 3.8) is 0 Å². The SMILES string of the molecule is Cc1c(SN2CCC(C)CC2)cc(C(=O)NCc2ccccc2OC2CC2)n1C. The predicted molar refractivity (Wildman–Crippen MR) is 117 cm³/mol.